The van der Waals surface area contributed by atoms with Crippen molar-refractivity contribution in [2.45, 2.75) is 25.5 Å². The number of methoxy groups -OCH3 is 2. The van der Waals surface area contributed by atoms with Gasteiger partial charge >= 0.3 is 12.1 Å². The minimum Gasteiger partial charge on any atom is -0.505 e. The highest BCUT2D eigenvalue weighted by molar-refractivity contribution is 5.89. The quantitative estimate of drug-likeness (QED) is 0.510. The van der Waals surface area contributed by atoms with Crippen LogP contribution in [-0.2, 0) is 20.8 Å². The number of carbonyl (C=O) groups is 2. The number of rotatable bonds is 6. The summed E-state index contributed by atoms with van der Waals surface area (Å²) in [7, 11) is 2.98. The lowest BCUT2D eigenvalue weighted by molar-refractivity contribution is 0.0591. The molecule has 3 rings (SSSR count). The molecule has 1 aliphatic heterocycles. The molecule has 6 nitrogen and oxygen atoms in total. The fourth-order valence-corrected chi connectivity index (χ4v) is 3.65. The molecule has 2 atom stereocenters. The van der Waals surface area contributed by atoms with Gasteiger partial charge in [0.05, 0.1) is 32.1 Å². The average molecular weight is 409 g/mol. The number of piperidine rings is 1. The van der Waals surface area contributed by atoms with Crippen molar-refractivity contribution in [3.05, 3.63) is 83.6 Å². The maximum absolute atomic E-state index is 12.9. The van der Waals surface area contributed by atoms with Gasteiger partial charge in [-0.15, -0.1) is 0 Å². The van der Waals surface area contributed by atoms with Crippen LogP contribution in [0, 0.1) is 5.92 Å². The van der Waals surface area contributed by atoms with Crippen LogP contribution < -0.4 is 0 Å². The number of hydrogen-bond acceptors (Lipinski definition) is 5. The molecule has 0 radical (unpaired) electrons. The number of esters is 1. The van der Waals surface area contributed by atoms with Gasteiger partial charge in [-0.2, -0.15) is 0 Å². The summed E-state index contributed by atoms with van der Waals surface area (Å²) in [4.78, 5) is 26.4. The normalized spacial score (nSPS) is 18.8. The monoisotopic (exact) mass is 409 g/mol. The third-order valence-corrected chi connectivity index (χ3v) is 5.29. The summed E-state index contributed by atoms with van der Waals surface area (Å²) in [5.41, 5.74) is 2.38. The standard InChI is InChI=1S/C24H27NO5/c1-28-15-13-18-12-14-25(24(27)30-17-19-6-4-3-5-7-19)22(16-18)20-8-10-21(11-9-20)23(26)29-2/h3-11,13,15,18,22H,12,14,16-17H2,1-2H3/b15-13+/t18?,22-/m0/s1. The van der Waals surface area contributed by atoms with Gasteiger partial charge in [-0.1, -0.05) is 42.5 Å². The summed E-state index contributed by atoms with van der Waals surface area (Å²) in [6, 6.07) is 16.7. The number of likely N-dealkylation sites (tertiary alicyclic amines) is 1. The molecule has 0 N–H and O–H groups in total. The van der Waals surface area contributed by atoms with Crippen LogP contribution in [0.15, 0.2) is 66.9 Å². The number of ether oxygens (including phenoxy) is 3. The SMILES string of the molecule is CO/C=C/C1CCN(C(=O)OCc2ccccc2)[C@H](c2ccc(C(=O)OC)cc2)C1. The molecule has 1 unspecified atom stereocenters. The van der Waals surface area contributed by atoms with E-state index in [0.717, 1.165) is 24.0 Å². The molecule has 1 aliphatic rings. The molecule has 2 aromatic carbocycles. The number of amides is 1. The Bertz CT molecular complexity index is 863. The van der Waals surface area contributed by atoms with Crippen molar-refractivity contribution in [3.8, 4) is 0 Å². The minimum absolute atomic E-state index is 0.153. The lowest BCUT2D eigenvalue weighted by atomic mass is 9.87. The Morgan fingerprint density at radius 3 is 2.47 bits per heavy atom. The van der Waals surface area contributed by atoms with Gasteiger partial charge in [-0.25, -0.2) is 9.59 Å². The molecule has 158 valence electrons. The first kappa shape index (κ1) is 21.4. The Labute approximate surface area is 177 Å². The van der Waals surface area contributed by atoms with E-state index in [1.54, 1.807) is 30.4 Å². The van der Waals surface area contributed by atoms with Gasteiger partial charge in [-0.05, 0) is 48.1 Å². The second-order valence-electron chi connectivity index (χ2n) is 7.21. The van der Waals surface area contributed by atoms with Crippen LogP contribution >= 0.6 is 0 Å². The average Bonchev–Trinajstić information content (AvgIpc) is 2.81. The first-order valence-corrected chi connectivity index (χ1v) is 9.97. The highest BCUT2D eigenvalue weighted by Gasteiger charge is 2.33. The maximum atomic E-state index is 12.9. The van der Waals surface area contributed by atoms with Crippen LogP contribution in [0.2, 0.25) is 0 Å². The van der Waals surface area contributed by atoms with Crippen molar-refractivity contribution in [2.75, 3.05) is 20.8 Å². The third-order valence-electron chi connectivity index (χ3n) is 5.29. The van der Waals surface area contributed by atoms with E-state index < -0.39 is 0 Å². The van der Waals surface area contributed by atoms with Crippen LogP contribution in [0.25, 0.3) is 0 Å². The molecule has 1 heterocycles. The molecule has 0 aliphatic carbocycles. The fraction of sp³-hybridized carbons (Fsp3) is 0.333. The van der Waals surface area contributed by atoms with E-state index in [2.05, 4.69) is 0 Å². The second-order valence-corrected chi connectivity index (χ2v) is 7.21. The van der Waals surface area contributed by atoms with Crippen molar-refractivity contribution in [1.82, 2.24) is 4.90 Å². The van der Waals surface area contributed by atoms with Crippen LogP contribution in [0.4, 0.5) is 4.79 Å². The largest absolute Gasteiger partial charge is 0.505 e. The lowest BCUT2D eigenvalue weighted by Gasteiger charge is -2.38. The minimum atomic E-state index is -0.384. The van der Waals surface area contributed by atoms with Crippen molar-refractivity contribution in [1.29, 1.82) is 0 Å². The highest BCUT2D eigenvalue weighted by Crippen LogP contribution is 2.35. The van der Waals surface area contributed by atoms with E-state index in [4.69, 9.17) is 14.2 Å². The number of carbonyl (C=O) groups excluding carboxylic acids is 2. The summed E-state index contributed by atoms with van der Waals surface area (Å²) in [6.45, 7) is 0.812. The molecule has 2 aromatic rings. The van der Waals surface area contributed by atoms with Crippen LogP contribution in [0.1, 0.15) is 40.4 Å². The molecule has 30 heavy (non-hydrogen) atoms. The smallest absolute Gasteiger partial charge is 0.410 e. The Hall–Kier alpha value is -3.28. The van der Waals surface area contributed by atoms with E-state index in [1.165, 1.54) is 7.11 Å². The molecular weight excluding hydrogens is 382 g/mol. The van der Waals surface area contributed by atoms with Gasteiger partial charge in [0.25, 0.3) is 0 Å². The summed E-state index contributed by atoms with van der Waals surface area (Å²) in [5.74, 6) is -0.0985. The predicted octanol–water partition coefficient (Wildman–Crippen LogP) is 4.72. The zero-order valence-electron chi connectivity index (χ0n) is 17.3. The maximum Gasteiger partial charge on any atom is 0.410 e. The third kappa shape index (κ3) is 5.41. The number of hydrogen-bond donors (Lipinski definition) is 0. The summed E-state index contributed by atoms with van der Waals surface area (Å²) >= 11 is 0. The van der Waals surface area contributed by atoms with Gasteiger partial charge < -0.3 is 19.1 Å². The molecule has 0 aromatic heterocycles. The van der Waals surface area contributed by atoms with Crippen LogP contribution in [0.3, 0.4) is 0 Å². The molecule has 0 bridgehead atoms. The van der Waals surface area contributed by atoms with Crippen molar-refractivity contribution >= 4 is 12.1 Å². The fourth-order valence-electron chi connectivity index (χ4n) is 3.65. The first-order chi connectivity index (χ1) is 14.6. The number of nitrogens with zero attached hydrogens (tertiary/aromatic N) is 1. The zero-order valence-corrected chi connectivity index (χ0v) is 17.3. The van der Waals surface area contributed by atoms with E-state index in [-0.39, 0.29) is 30.6 Å². The topological polar surface area (TPSA) is 65.1 Å². The molecule has 1 amide bonds. The van der Waals surface area contributed by atoms with E-state index in [1.807, 2.05) is 48.5 Å². The Morgan fingerprint density at radius 1 is 1.07 bits per heavy atom. The van der Waals surface area contributed by atoms with E-state index in [0.29, 0.717) is 12.1 Å². The number of benzene rings is 2. The van der Waals surface area contributed by atoms with Gasteiger partial charge in [-0.3, -0.25) is 0 Å². The van der Waals surface area contributed by atoms with Crippen molar-refractivity contribution < 1.29 is 23.8 Å². The van der Waals surface area contributed by atoms with Gasteiger partial charge in [0.1, 0.15) is 6.61 Å². The van der Waals surface area contributed by atoms with Crippen molar-refractivity contribution in [2.24, 2.45) is 5.92 Å². The summed E-state index contributed by atoms with van der Waals surface area (Å²) in [6.07, 6.45) is 4.96. The van der Waals surface area contributed by atoms with Gasteiger partial charge in [0.2, 0.25) is 0 Å². The Balaban J connectivity index is 1.76. The zero-order chi connectivity index (χ0) is 21.3. The van der Waals surface area contributed by atoms with Gasteiger partial charge in [0.15, 0.2) is 0 Å². The molecule has 0 saturated carbocycles. The molecule has 1 fully saturated rings. The first-order valence-electron chi connectivity index (χ1n) is 9.97. The molecular formula is C24H27NO5. The predicted molar refractivity (Wildman–Crippen MR) is 113 cm³/mol. The van der Waals surface area contributed by atoms with E-state index >= 15 is 0 Å². The second kappa shape index (κ2) is 10.5. The van der Waals surface area contributed by atoms with Crippen LogP contribution in [-0.4, -0.2) is 37.7 Å². The van der Waals surface area contributed by atoms with E-state index in [9.17, 15) is 9.59 Å². The molecule has 1 saturated heterocycles. The summed E-state index contributed by atoms with van der Waals surface area (Å²) < 4.78 is 15.4. The lowest BCUT2D eigenvalue weighted by Crippen LogP contribution is -2.41. The van der Waals surface area contributed by atoms with Gasteiger partial charge in [0, 0.05) is 6.54 Å². The van der Waals surface area contributed by atoms with Crippen molar-refractivity contribution in [3.63, 3.8) is 0 Å². The van der Waals surface area contributed by atoms with Crippen LogP contribution in [0.5, 0.6) is 0 Å². The molecule has 6 heteroatoms. The Kier molecular flexibility index (Phi) is 7.49. The number of allylic oxidation sites excluding steroid dienone is 1. The summed E-state index contributed by atoms with van der Waals surface area (Å²) in [5, 5.41) is 0. The Morgan fingerprint density at radius 2 is 1.80 bits per heavy atom. The highest BCUT2D eigenvalue weighted by atomic mass is 16.6. The molecule has 0 spiro atoms.